The zero-order valence-electron chi connectivity index (χ0n) is 11.4. The predicted molar refractivity (Wildman–Crippen MR) is 76.0 cm³/mol. The number of rotatable bonds is 6. The molecule has 0 aliphatic heterocycles. The van der Waals surface area contributed by atoms with Gasteiger partial charge in [-0.25, -0.2) is 12.8 Å². The van der Waals surface area contributed by atoms with Crippen molar-refractivity contribution < 1.29 is 17.6 Å². The molecule has 7 heteroatoms. The van der Waals surface area contributed by atoms with E-state index < -0.39 is 25.7 Å². The van der Waals surface area contributed by atoms with E-state index in [0.717, 1.165) is 25.3 Å². The Hall–Kier alpha value is -1.14. The number of nitrogens with one attached hydrogen (secondary N) is 1. The smallest absolute Gasteiger partial charge is 0.264 e. The van der Waals surface area contributed by atoms with Gasteiger partial charge in [-0.05, 0) is 31.0 Å². The minimum atomic E-state index is -4.22. The van der Waals surface area contributed by atoms with Gasteiger partial charge in [0.1, 0.15) is 10.7 Å². The van der Waals surface area contributed by atoms with Crippen LogP contribution >= 0.6 is 10.7 Å². The van der Waals surface area contributed by atoms with Crippen LogP contribution in [0.4, 0.5) is 4.39 Å². The highest BCUT2D eigenvalue weighted by Gasteiger charge is 2.21. The van der Waals surface area contributed by atoms with E-state index in [0.29, 0.717) is 6.54 Å². The summed E-state index contributed by atoms with van der Waals surface area (Å²) < 4.78 is 36.2. The molecule has 0 spiro atoms. The van der Waals surface area contributed by atoms with Crippen LogP contribution in [0.15, 0.2) is 17.0 Å². The fourth-order valence-electron chi connectivity index (χ4n) is 1.72. The third-order valence-electron chi connectivity index (χ3n) is 2.81. The maximum absolute atomic E-state index is 13.7. The highest BCUT2D eigenvalue weighted by atomic mass is 35.7. The lowest BCUT2D eigenvalue weighted by molar-refractivity contribution is 0.0952. The first-order valence-electron chi connectivity index (χ1n) is 6.30. The Balaban J connectivity index is 2.97. The SMILES string of the molecule is CCCCCNC(=O)c1cc(C)c(F)c(S(=O)(=O)Cl)c1. The van der Waals surface area contributed by atoms with Crippen LogP contribution in [0.3, 0.4) is 0 Å². The molecular formula is C13H17ClFNO3S. The lowest BCUT2D eigenvalue weighted by Crippen LogP contribution is -2.24. The summed E-state index contributed by atoms with van der Waals surface area (Å²) in [6.45, 7) is 3.92. The van der Waals surface area contributed by atoms with Gasteiger partial charge >= 0.3 is 0 Å². The number of halogens is 2. The van der Waals surface area contributed by atoms with Gasteiger partial charge in [0.2, 0.25) is 0 Å². The van der Waals surface area contributed by atoms with E-state index in [-0.39, 0.29) is 11.1 Å². The Labute approximate surface area is 122 Å². The van der Waals surface area contributed by atoms with E-state index in [1.165, 1.54) is 13.0 Å². The summed E-state index contributed by atoms with van der Waals surface area (Å²) in [4.78, 5) is 11.2. The number of carbonyl (C=O) groups is 1. The Morgan fingerprint density at radius 3 is 2.55 bits per heavy atom. The molecule has 0 atom stereocenters. The molecule has 0 fully saturated rings. The molecule has 1 amide bonds. The minimum absolute atomic E-state index is 0.0606. The van der Waals surface area contributed by atoms with Crippen molar-refractivity contribution >= 4 is 25.6 Å². The summed E-state index contributed by atoms with van der Waals surface area (Å²) in [5, 5.41) is 2.66. The van der Waals surface area contributed by atoms with Crippen molar-refractivity contribution in [3.8, 4) is 0 Å². The molecule has 1 aromatic rings. The van der Waals surface area contributed by atoms with Gasteiger partial charge in [0.05, 0.1) is 0 Å². The maximum atomic E-state index is 13.7. The molecule has 0 unspecified atom stereocenters. The van der Waals surface area contributed by atoms with Gasteiger partial charge in [0, 0.05) is 22.8 Å². The Morgan fingerprint density at radius 1 is 1.35 bits per heavy atom. The standard InChI is InChI=1S/C13H17ClFNO3S/c1-3-4-5-6-16-13(17)10-7-9(2)12(15)11(8-10)20(14,18)19/h7-8H,3-6H2,1-2H3,(H,16,17). The zero-order chi connectivity index (χ0) is 15.3. The molecular weight excluding hydrogens is 305 g/mol. The van der Waals surface area contributed by atoms with Crippen molar-refractivity contribution in [2.75, 3.05) is 6.54 Å². The number of hydrogen-bond acceptors (Lipinski definition) is 3. The average molecular weight is 322 g/mol. The van der Waals surface area contributed by atoms with Gasteiger partial charge in [-0.1, -0.05) is 19.8 Å². The van der Waals surface area contributed by atoms with Crippen LogP contribution in [0.25, 0.3) is 0 Å². The van der Waals surface area contributed by atoms with Crippen LogP contribution in [0.2, 0.25) is 0 Å². The summed E-state index contributed by atoms with van der Waals surface area (Å²) in [7, 11) is 0.935. The third-order valence-corrected chi connectivity index (χ3v) is 4.13. The average Bonchev–Trinajstić information content (AvgIpc) is 2.36. The highest BCUT2D eigenvalue weighted by molar-refractivity contribution is 8.13. The number of unbranched alkanes of at least 4 members (excludes halogenated alkanes) is 2. The van der Waals surface area contributed by atoms with Gasteiger partial charge in [-0.3, -0.25) is 4.79 Å². The van der Waals surface area contributed by atoms with E-state index in [1.54, 1.807) is 0 Å². The Kier molecular flexibility index (Phi) is 5.95. The molecule has 0 aliphatic carbocycles. The fraction of sp³-hybridized carbons (Fsp3) is 0.462. The van der Waals surface area contributed by atoms with Gasteiger partial charge in [0.25, 0.3) is 15.0 Å². The lowest BCUT2D eigenvalue weighted by Gasteiger charge is -2.08. The predicted octanol–water partition coefficient (Wildman–Crippen LogP) is 2.98. The summed E-state index contributed by atoms with van der Waals surface area (Å²) in [6.07, 6.45) is 2.85. The van der Waals surface area contributed by atoms with Gasteiger partial charge in [-0.15, -0.1) is 0 Å². The van der Waals surface area contributed by atoms with E-state index in [9.17, 15) is 17.6 Å². The van der Waals surface area contributed by atoms with Gasteiger partial charge in [0.15, 0.2) is 0 Å². The fourth-order valence-corrected chi connectivity index (χ4v) is 2.70. The first-order chi connectivity index (χ1) is 9.27. The Morgan fingerprint density at radius 2 is 2.00 bits per heavy atom. The maximum Gasteiger partial charge on any atom is 0.264 e. The van der Waals surface area contributed by atoms with Gasteiger partial charge in [-0.2, -0.15) is 0 Å². The summed E-state index contributed by atoms with van der Waals surface area (Å²) in [5.74, 6) is -1.37. The molecule has 20 heavy (non-hydrogen) atoms. The van der Waals surface area contributed by atoms with E-state index >= 15 is 0 Å². The second-order valence-electron chi connectivity index (χ2n) is 4.51. The first-order valence-corrected chi connectivity index (χ1v) is 8.61. The number of hydrogen-bond donors (Lipinski definition) is 1. The van der Waals surface area contributed by atoms with Crippen LogP contribution in [0.1, 0.15) is 42.1 Å². The second-order valence-corrected chi connectivity index (χ2v) is 7.04. The minimum Gasteiger partial charge on any atom is -0.352 e. The summed E-state index contributed by atoms with van der Waals surface area (Å²) in [6, 6.07) is 2.26. The molecule has 0 heterocycles. The Bertz CT molecular complexity index is 602. The number of amides is 1. The van der Waals surface area contributed by atoms with Gasteiger partial charge < -0.3 is 5.32 Å². The molecule has 4 nitrogen and oxygen atoms in total. The van der Waals surface area contributed by atoms with Crippen LogP contribution in [0, 0.1) is 12.7 Å². The monoisotopic (exact) mass is 321 g/mol. The van der Waals surface area contributed by atoms with E-state index in [1.807, 2.05) is 6.92 Å². The molecule has 0 bridgehead atoms. The molecule has 0 aliphatic rings. The van der Waals surface area contributed by atoms with Crippen molar-refractivity contribution in [1.82, 2.24) is 5.32 Å². The normalized spacial score (nSPS) is 11.4. The second kappa shape index (κ2) is 7.04. The van der Waals surface area contributed by atoms with E-state index in [4.69, 9.17) is 10.7 Å². The molecule has 1 N–H and O–H groups in total. The van der Waals surface area contributed by atoms with Crippen molar-refractivity contribution in [3.63, 3.8) is 0 Å². The van der Waals surface area contributed by atoms with Crippen LogP contribution < -0.4 is 5.32 Å². The first kappa shape index (κ1) is 16.9. The van der Waals surface area contributed by atoms with Crippen molar-refractivity contribution in [2.24, 2.45) is 0 Å². The number of benzene rings is 1. The van der Waals surface area contributed by atoms with Crippen LogP contribution in [-0.2, 0) is 9.05 Å². The largest absolute Gasteiger partial charge is 0.352 e. The molecule has 1 rings (SSSR count). The molecule has 0 saturated carbocycles. The topological polar surface area (TPSA) is 63.2 Å². The third kappa shape index (κ3) is 4.45. The van der Waals surface area contributed by atoms with Crippen LogP contribution in [0.5, 0.6) is 0 Å². The van der Waals surface area contributed by atoms with Crippen molar-refractivity contribution in [1.29, 1.82) is 0 Å². The molecule has 0 radical (unpaired) electrons. The zero-order valence-corrected chi connectivity index (χ0v) is 12.9. The van der Waals surface area contributed by atoms with Crippen molar-refractivity contribution in [2.45, 2.75) is 38.0 Å². The molecule has 0 saturated heterocycles. The van der Waals surface area contributed by atoms with Crippen LogP contribution in [-0.4, -0.2) is 20.9 Å². The summed E-state index contributed by atoms with van der Waals surface area (Å²) in [5.41, 5.74) is 0.144. The highest BCUT2D eigenvalue weighted by Crippen LogP contribution is 2.23. The summed E-state index contributed by atoms with van der Waals surface area (Å²) >= 11 is 0. The molecule has 1 aromatic carbocycles. The molecule has 0 aromatic heterocycles. The van der Waals surface area contributed by atoms with Crippen molar-refractivity contribution in [3.05, 3.63) is 29.1 Å². The molecule has 112 valence electrons. The number of aryl methyl sites for hydroxylation is 1. The lowest BCUT2D eigenvalue weighted by atomic mass is 10.1. The quantitative estimate of drug-likeness (QED) is 0.647. The number of carbonyl (C=O) groups excluding carboxylic acids is 1. The van der Waals surface area contributed by atoms with E-state index in [2.05, 4.69) is 5.32 Å².